The number of aliphatic hydroxyl groups excluding tert-OH is 2. The predicted molar refractivity (Wildman–Crippen MR) is 65.4 cm³/mol. The summed E-state index contributed by atoms with van der Waals surface area (Å²) < 4.78 is 4.36. The molecule has 19 heavy (non-hydrogen) atoms. The van der Waals surface area contributed by atoms with Gasteiger partial charge in [-0.3, -0.25) is 4.79 Å². The highest BCUT2D eigenvalue weighted by atomic mass is 16.5. The number of carboxylic acids is 1. The fourth-order valence-corrected chi connectivity index (χ4v) is 1.54. The van der Waals surface area contributed by atoms with Crippen LogP contribution in [0.1, 0.15) is 28.4 Å². The predicted octanol–water partition coefficient (Wildman–Crippen LogP) is -0.0756. The van der Waals surface area contributed by atoms with Crippen LogP contribution in [0.2, 0.25) is 0 Å². The van der Waals surface area contributed by atoms with Gasteiger partial charge in [-0.1, -0.05) is 0 Å². The Kier molecular flexibility index (Phi) is 4.85. The maximum absolute atomic E-state index is 11.0. The Morgan fingerprint density at radius 3 is 2.53 bits per heavy atom. The second-order valence-corrected chi connectivity index (χ2v) is 3.94. The van der Waals surface area contributed by atoms with Crippen molar-refractivity contribution in [2.75, 3.05) is 12.8 Å². The van der Waals surface area contributed by atoms with E-state index in [1.165, 1.54) is 12.1 Å². The number of hydrogen-bond donors (Lipinski definition) is 4. The summed E-state index contributed by atoms with van der Waals surface area (Å²) >= 11 is 0. The van der Waals surface area contributed by atoms with E-state index in [1.807, 2.05) is 0 Å². The zero-order chi connectivity index (χ0) is 14.6. The number of nitrogen functional groups attached to an aromatic ring is 1. The molecule has 0 saturated carbocycles. The fourth-order valence-electron chi connectivity index (χ4n) is 1.54. The first kappa shape index (κ1) is 14.9. The van der Waals surface area contributed by atoms with E-state index in [-0.39, 0.29) is 16.8 Å². The van der Waals surface area contributed by atoms with E-state index in [0.717, 1.165) is 13.2 Å². The molecule has 0 aromatic heterocycles. The number of carbonyl (C=O) groups is 2. The van der Waals surface area contributed by atoms with E-state index in [0.29, 0.717) is 0 Å². The van der Waals surface area contributed by atoms with Crippen LogP contribution in [0.3, 0.4) is 0 Å². The molecule has 0 bridgehead atoms. The number of carbonyl (C=O) groups excluding carboxylic acids is 1. The maximum atomic E-state index is 11.0. The summed E-state index contributed by atoms with van der Waals surface area (Å²) in [5, 5.41) is 28.4. The molecule has 1 aromatic rings. The number of carboxylic acid groups (broad SMARTS) is 1. The molecule has 1 rings (SSSR count). The van der Waals surface area contributed by atoms with Crippen molar-refractivity contribution < 1.29 is 29.6 Å². The first-order valence-corrected chi connectivity index (χ1v) is 5.42. The minimum atomic E-state index is -1.47. The Morgan fingerprint density at radius 1 is 1.37 bits per heavy atom. The summed E-state index contributed by atoms with van der Waals surface area (Å²) in [5.41, 5.74) is 5.71. The average molecular weight is 269 g/mol. The first-order chi connectivity index (χ1) is 8.86. The molecule has 0 spiro atoms. The smallest absolute Gasteiger partial charge is 0.335 e. The Morgan fingerprint density at radius 2 is 2.00 bits per heavy atom. The minimum Gasteiger partial charge on any atom is -0.478 e. The second-order valence-electron chi connectivity index (χ2n) is 3.94. The molecule has 0 saturated heterocycles. The van der Waals surface area contributed by atoms with Crippen LogP contribution >= 0.6 is 0 Å². The number of nitrogens with two attached hydrogens (primary N) is 1. The molecule has 0 fully saturated rings. The van der Waals surface area contributed by atoms with Gasteiger partial charge in [-0.2, -0.15) is 0 Å². The van der Waals surface area contributed by atoms with E-state index in [1.54, 1.807) is 0 Å². The molecule has 0 aliphatic carbocycles. The Bertz CT molecular complexity index is 487. The number of ether oxygens (including phenoxy) is 1. The summed E-state index contributed by atoms with van der Waals surface area (Å²) in [6, 6.07) is 3.75. The number of benzene rings is 1. The second kappa shape index (κ2) is 6.17. The van der Waals surface area contributed by atoms with E-state index in [2.05, 4.69) is 4.74 Å². The van der Waals surface area contributed by atoms with Crippen molar-refractivity contribution in [2.24, 2.45) is 0 Å². The molecule has 7 nitrogen and oxygen atoms in total. The molecule has 2 unspecified atom stereocenters. The van der Waals surface area contributed by atoms with Gasteiger partial charge < -0.3 is 25.8 Å². The summed E-state index contributed by atoms with van der Waals surface area (Å²) in [7, 11) is 1.15. The first-order valence-electron chi connectivity index (χ1n) is 5.42. The lowest BCUT2D eigenvalue weighted by Crippen LogP contribution is -2.23. The van der Waals surface area contributed by atoms with E-state index < -0.39 is 30.6 Å². The zero-order valence-electron chi connectivity index (χ0n) is 10.2. The SMILES string of the molecule is COC(=O)CC(O)C(O)c1cc(C(=O)O)ccc1N. The molecule has 1 aromatic carbocycles. The largest absolute Gasteiger partial charge is 0.478 e. The van der Waals surface area contributed by atoms with E-state index in [9.17, 15) is 19.8 Å². The lowest BCUT2D eigenvalue weighted by molar-refractivity contribution is -0.144. The molecular weight excluding hydrogens is 254 g/mol. The average Bonchev–Trinajstić information content (AvgIpc) is 2.37. The zero-order valence-corrected chi connectivity index (χ0v) is 10.2. The van der Waals surface area contributed by atoms with Gasteiger partial charge in [-0.25, -0.2) is 4.79 Å². The highest BCUT2D eigenvalue weighted by molar-refractivity contribution is 5.88. The van der Waals surface area contributed by atoms with E-state index >= 15 is 0 Å². The Labute approximate surface area is 109 Å². The van der Waals surface area contributed by atoms with Crippen LogP contribution in [0, 0.1) is 0 Å². The maximum Gasteiger partial charge on any atom is 0.335 e. The third kappa shape index (κ3) is 3.67. The van der Waals surface area contributed by atoms with Crippen molar-refractivity contribution in [1.29, 1.82) is 0 Å². The normalized spacial score (nSPS) is 13.6. The molecule has 5 N–H and O–H groups in total. The Balaban J connectivity index is 2.97. The molecule has 104 valence electrons. The number of esters is 1. The quantitative estimate of drug-likeness (QED) is 0.434. The van der Waals surface area contributed by atoms with Crippen molar-refractivity contribution in [2.45, 2.75) is 18.6 Å². The highest BCUT2D eigenvalue weighted by Gasteiger charge is 2.24. The van der Waals surface area contributed by atoms with Crippen molar-refractivity contribution >= 4 is 17.6 Å². The van der Waals surface area contributed by atoms with Gasteiger partial charge >= 0.3 is 11.9 Å². The molecule has 2 atom stereocenters. The number of rotatable bonds is 5. The van der Waals surface area contributed by atoms with Gasteiger partial charge in [0.1, 0.15) is 6.10 Å². The number of hydrogen-bond acceptors (Lipinski definition) is 6. The number of anilines is 1. The van der Waals surface area contributed by atoms with Crippen molar-refractivity contribution in [3.63, 3.8) is 0 Å². The lowest BCUT2D eigenvalue weighted by atomic mass is 9.98. The van der Waals surface area contributed by atoms with Crippen LogP contribution in [0.25, 0.3) is 0 Å². The van der Waals surface area contributed by atoms with Crippen LogP contribution in [0.4, 0.5) is 5.69 Å². The summed E-state index contributed by atoms with van der Waals surface area (Å²) in [4.78, 5) is 21.8. The minimum absolute atomic E-state index is 0.0521. The van der Waals surface area contributed by atoms with Gasteiger partial charge in [0.2, 0.25) is 0 Å². The molecule has 0 radical (unpaired) electrons. The van der Waals surface area contributed by atoms with Crippen LogP contribution in [-0.4, -0.2) is 40.5 Å². The Hall–Kier alpha value is -2.12. The summed E-state index contributed by atoms with van der Waals surface area (Å²) in [6.45, 7) is 0. The third-order valence-corrected chi connectivity index (χ3v) is 2.62. The molecule has 0 heterocycles. The number of methoxy groups -OCH3 is 1. The van der Waals surface area contributed by atoms with Crippen LogP contribution in [0.5, 0.6) is 0 Å². The number of aliphatic hydroxyl groups is 2. The summed E-state index contributed by atoms with van der Waals surface area (Å²) in [6.07, 6.45) is -3.33. The van der Waals surface area contributed by atoms with Gasteiger partial charge in [-0.05, 0) is 18.2 Å². The molecule has 0 amide bonds. The van der Waals surface area contributed by atoms with Gasteiger partial charge in [-0.15, -0.1) is 0 Å². The third-order valence-electron chi connectivity index (χ3n) is 2.62. The van der Waals surface area contributed by atoms with Gasteiger partial charge in [0.15, 0.2) is 0 Å². The monoisotopic (exact) mass is 269 g/mol. The highest BCUT2D eigenvalue weighted by Crippen LogP contribution is 2.26. The van der Waals surface area contributed by atoms with Crippen molar-refractivity contribution in [1.82, 2.24) is 0 Å². The van der Waals surface area contributed by atoms with Crippen LogP contribution in [-0.2, 0) is 9.53 Å². The van der Waals surface area contributed by atoms with Crippen molar-refractivity contribution in [3.05, 3.63) is 29.3 Å². The fraction of sp³-hybridized carbons (Fsp3) is 0.333. The molecular formula is C12H15NO6. The van der Waals surface area contributed by atoms with Crippen LogP contribution < -0.4 is 5.73 Å². The molecule has 0 aliphatic rings. The van der Waals surface area contributed by atoms with Gasteiger partial charge in [0, 0.05) is 11.3 Å². The summed E-state index contributed by atoms with van der Waals surface area (Å²) in [5.74, 6) is -1.88. The topological polar surface area (TPSA) is 130 Å². The lowest BCUT2D eigenvalue weighted by Gasteiger charge is -2.19. The number of aromatic carboxylic acids is 1. The van der Waals surface area contributed by atoms with Crippen molar-refractivity contribution in [3.8, 4) is 0 Å². The molecule has 7 heteroatoms. The van der Waals surface area contributed by atoms with Gasteiger partial charge in [0.05, 0.1) is 25.2 Å². The van der Waals surface area contributed by atoms with E-state index in [4.69, 9.17) is 10.8 Å². The molecule has 0 aliphatic heterocycles. The van der Waals surface area contributed by atoms with Crippen LogP contribution in [0.15, 0.2) is 18.2 Å². The standard InChI is InChI=1S/C12H15NO6/c1-19-10(15)5-9(14)11(16)7-4-6(12(17)18)2-3-8(7)13/h2-4,9,11,14,16H,5,13H2,1H3,(H,17,18). The van der Waals surface area contributed by atoms with Gasteiger partial charge in [0.25, 0.3) is 0 Å².